The van der Waals surface area contributed by atoms with Gasteiger partial charge in [-0.2, -0.15) is 0 Å². The van der Waals surface area contributed by atoms with Crippen molar-refractivity contribution in [2.24, 2.45) is 0 Å². The van der Waals surface area contributed by atoms with Gasteiger partial charge in [-0.3, -0.25) is 14.9 Å². The standard InChI is InChI=1S/C18H21N3O3S/c1-11-16(13-7-9-24-10-8-13)20-18(25-11)21-17(23)14-5-3-4-6-15(14)19-12(2)22/h3-6,13H,7-10H2,1-2H3,(H,19,22)(H,20,21,23). The minimum atomic E-state index is -0.281. The Hall–Kier alpha value is -2.25. The Morgan fingerprint density at radius 1 is 1.20 bits per heavy atom. The molecule has 7 heteroatoms. The highest BCUT2D eigenvalue weighted by molar-refractivity contribution is 7.15. The molecule has 1 aromatic heterocycles. The van der Waals surface area contributed by atoms with Gasteiger partial charge in [0.15, 0.2) is 5.13 Å². The van der Waals surface area contributed by atoms with Gasteiger partial charge in [-0.15, -0.1) is 11.3 Å². The van der Waals surface area contributed by atoms with E-state index in [9.17, 15) is 9.59 Å². The second-order valence-corrected chi connectivity index (χ2v) is 7.23. The second-order valence-electron chi connectivity index (χ2n) is 6.03. The number of carbonyl (C=O) groups is 2. The number of benzene rings is 1. The average molecular weight is 359 g/mol. The average Bonchev–Trinajstić information content (AvgIpc) is 2.96. The van der Waals surface area contributed by atoms with Crippen LogP contribution in [0.2, 0.25) is 0 Å². The van der Waals surface area contributed by atoms with Crippen LogP contribution in [0.3, 0.4) is 0 Å². The fraction of sp³-hybridized carbons (Fsp3) is 0.389. The van der Waals surface area contributed by atoms with Gasteiger partial charge in [-0.1, -0.05) is 12.1 Å². The Kier molecular flexibility index (Phi) is 5.45. The number of para-hydroxylation sites is 1. The highest BCUT2D eigenvalue weighted by atomic mass is 32.1. The normalized spacial score (nSPS) is 15.0. The number of nitrogens with one attached hydrogen (secondary N) is 2. The highest BCUT2D eigenvalue weighted by Crippen LogP contribution is 2.33. The van der Waals surface area contributed by atoms with Crippen LogP contribution in [0.1, 0.15) is 46.6 Å². The van der Waals surface area contributed by atoms with Crippen molar-refractivity contribution in [3.8, 4) is 0 Å². The minimum Gasteiger partial charge on any atom is -0.381 e. The predicted molar refractivity (Wildman–Crippen MR) is 98.3 cm³/mol. The number of anilines is 2. The van der Waals surface area contributed by atoms with Crippen LogP contribution in [-0.4, -0.2) is 30.0 Å². The number of aryl methyl sites for hydroxylation is 1. The number of aromatic nitrogens is 1. The molecule has 25 heavy (non-hydrogen) atoms. The lowest BCUT2D eigenvalue weighted by atomic mass is 9.96. The van der Waals surface area contributed by atoms with E-state index < -0.39 is 0 Å². The topological polar surface area (TPSA) is 80.3 Å². The number of ether oxygens (including phenoxy) is 1. The van der Waals surface area contributed by atoms with Crippen molar-refractivity contribution in [2.45, 2.75) is 32.6 Å². The molecule has 3 rings (SSSR count). The SMILES string of the molecule is CC(=O)Nc1ccccc1C(=O)Nc1nc(C2CCOCC2)c(C)s1. The van der Waals surface area contributed by atoms with E-state index in [-0.39, 0.29) is 11.8 Å². The van der Waals surface area contributed by atoms with Crippen LogP contribution < -0.4 is 10.6 Å². The maximum absolute atomic E-state index is 12.6. The van der Waals surface area contributed by atoms with Crippen molar-refractivity contribution in [3.63, 3.8) is 0 Å². The molecule has 1 aliphatic heterocycles. The molecule has 0 atom stereocenters. The summed E-state index contributed by atoms with van der Waals surface area (Å²) < 4.78 is 5.41. The number of hydrogen-bond donors (Lipinski definition) is 2. The van der Waals surface area contributed by atoms with E-state index >= 15 is 0 Å². The Labute approximate surface area is 150 Å². The molecule has 1 saturated heterocycles. The molecule has 0 bridgehead atoms. The minimum absolute atomic E-state index is 0.216. The molecule has 2 amide bonds. The summed E-state index contributed by atoms with van der Waals surface area (Å²) in [5, 5.41) is 6.12. The van der Waals surface area contributed by atoms with E-state index in [0.29, 0.717) is 22.3 Å². The summed E-state index contributed by atoms with van der Waals surface area (Å²) in [6, 6.07) is 6.93. The van der Waals surface area contributed by atoms with Gasteiger partial charge in [0, 0.05) is 30.9 Å². The molecule has 0 unspecified atom stereocenters. The summed E-state index contributed by atoms with van der Waals surface area (Å²) in [5.41, 5.74) is 1.96. The summed E-state index contributed by atoms with van der Waals surface area (Å²) in [6.45, 7) is 4.96. The highest BCUT2D eigenvalue weighted by Gasteiger charge is 2.22. The third kappa shape index (κ3) is 4.24. The van der Waals surface area contributed by atoms with E-state index in [0.717, 1.165) is 36.6 Å². The summed E-state index contributed by atoms with van der Waals surface area (Å²) in [5.74, 6) is -0.105. The Morgan fingerprint density at radius 2 is 1.92 bits per heavy atom. The van der Waals surface area contributed by atoms with Crippen molar-refractivity contribution in [1.29, 1.82) is 0 Å². The molecule has 2 N–H and O–H groups in total. The maximum Gasteiger partial charge on any atom is 0.259 e. The van der Waals surface area contributed by atoms with Gasteiger partial charge in [0.2, 0.25) is 5.91 Å². The summed E-state index contributed by atoms with van der Waals surface area (Å²) in [7, 11) is 0. The van der Waals surface area contributed by atoms with Crippen LogP contribution in [-0.2, 0) is 9.53 Å². The first-order chi connectivity index (χ1) is 12.0. The molecule has 0 radical (unpaired) electrons. The van der Waals surface area contributed by atoms with Crippen molar-refractivity contribution in [3.05, 3.63) is 40.4 Å². The van der Waals surface area contributed by atoms with E-state index in [2.05, 4.69) is 15.6 Å². The summed E-state index contributed by atoms with van der Waals surface area (Å²) in [4.78, 5) is 29.7. The first kappa shape index (κ1) is 17.6. The van der Waals surface area contributed by atoms with Gasteiger partial charge < -0.3 is 10.1 Å². The third-order valence-corrected chi connectivity index (χ3v) is 5.05. The molecule has 1 aromatic carbocycles. The van der Waals surface area contributed by atoms with Gasteiger partial charge in [-0.05, 0) is 31.9 Å². The van der Waals surface area contributed by atoms with Gasteiger partial charge in [0.25, 0.3) is 5.91 Å². The van der Waals surface area contributed by atoms with Crippen molar-refractivity contribution < 1.29 is 14.3 Å². The molecule has 1 fully saturated rings. The van der Waals surface area contributed by atoms with Crippen LogP contribution in [0.4, 0.5) is 10.8 Å². The lowest BCUT2D eigenvalue weighted by Crippen LogP contribution is -2.17. The second kappa shape index (κ2) is 7.76. The lowest BCUT2D eigenvalue weighted by Gasteiger charge is -2.20. The molecule has 2 aromatic rings. The van der Waals surface area contributed by atoms with Crippen LogP contribution in [0.15, 0.2) is 24.3 Å². The van der Waals surface area contributed by atoms with Gasteiger partial charge in [0.1, 0.15) is 0 Å². The molecule has 0 saturated carbocycles. The number of thiazole rings is 1. The number of hydrogen-bond acceptors (Lipinski definition) is 5. The zero-order chi connectivity index (χ0) is 17.8. The zero-order valence-electron chi connectivity index (χ0n) is 14.3. The smallest absolute Gasteiger partial charge is 0.259 e. The quantitative estimate of drug-likeness (QED) is 0.875. The lowest BCUT2D eigenvalue weighted by molar-refractivity contribution is -0.114. The summed E-state index contributed by atoms with van der Waals surface area (Å²) >= 11 is 1.48. The Balaban J connectivity index is 1.76. The molecule has 0 aliphatic carbocycles. The largest absolute Gasteiger partial charge is 0.381 e. The number of amides is 2. The van der Waals surface area contributed by atoms with Crippen LogP contribution >= 0.6 is 11.3 Å². The van der Waals surface area contributed by atoms with E-state index in [1.54, 1.807) is 24.3 Å². The predicted octanol–water partition coefficient (Wildman–Crippen LogP) is 3.56. The van der Waals surface area contributed by atoms with Crippen LogP contribution in [0.5, 0.6) is 0 Å². The Morgan fingerprint density at radius 3 is 2.64 bits per heavy atom. The van der Waals surface area contributed by atoms with Crippen LogP contribution in [0, 0.1) is 6.92 Å². The molecule has 0 spiro atoms. The number of nitrogens with zero attached hydrogens (tertiary/aromatic N) is 1. The van der Waals surface area contributed by atoms with Crippen molar-refractivity contribution >= 4 is 34.0 Å². The fourth-order valence-corrected chi connectivity index (χ4v) is 3.85. The van der Waals surface area contributed by atoms with Crippen molar-refractivity contribution in [2.75, 3.05) is 23.8 Å². The third-order valence-electron chi connectivity index (χ3n) is 4.14. The van der Waals surface area contributed by atoms with Gasteiger partial charge in [0.05, 0.1) is 16.9 Å². The van der Waals surface area contributed by atoms with Crippen LogP contribution in [0.25, 0.3) is 0 Å². The number of rotatable bonds is 4. The maximum atomic E-state index is 12.6. The molecular weight excluding hydrogens is 338 g/mol. The molecule has 6 nitrogen and oxygen atoms in total. The first-order valence-electron chi connectivity index (χ1n) is 8.27. The van der Waals surface area contributed by atoms with E-state index in [1.165, 1.54) is 18.3 Å². The van der Waals surface area contributed by atoms with E-state index in [1.807, 2.05) is 6.92 Å². The van der Waals surface area contributed by atoms with Gasteiger partial charge in [-0.25, -0.2) is 4.98 Å². The number of carbonyl (C=O) groups excluding carboxylic acids is 2. The zero-order valence-corrected chi connectivity index (χ0v) is 15.1. The fourth-order valence-electron chi connectivity index (χ4n) is 2.96. The molecule has 132 valence electrons. The molecule has 1 aliphatic rings. The van der Waals surface area contributed by atoms with E-state index in [4.69, 9.17) is 4.74 Å². The first-order valence-corrected chi connectivity index (χ1v) is 9.09. The summed E-state index contributed by atoms with van der Waals surface area (Å²) in [6.07, 6.45) is 1.92. The Bertz CT molecular complexity index is 782. The van der Waals surface area contributed by atoms with Gasteiger partial charge >= 0.3 is 0 Å². The van der Waals surface area contributed by atoms with Crippen molar-refractivity contribution in [1.82, 2.24) is 4.98 Å². The molecule has 2 heterocycles. The molecular formula is C18H21N3O3S. The monoisotopic (exact) mass is 359 g/mol.